The van der Waals surface area contributed by atoms with E-state index in [1.807, 2.05) is 50.2 Å². The van der Waals surface area contributed by atoms with Crippen LogP contribution in [0.5, 0.6) is 0 Å². The lowest BCUT2D eigenvalue weighted by molar-refractivity contribution is 0.0526. The van der Waals surface area contributed by atoms with Crippen molar-refractivity contribution in [2.75, 3.05) is 25.6 Å². The molecule has 2 heterocycles. The number of hydrogen-bond donors (Lipinski definition) is 0. The minimum absolute atomic E-state index is 0.252. The van der Waals surface area contributed by atoms with E-state index in [4.69, 9.17) is 16.3 Å². The third-order valence-electron chi connectivity index (χ3n) is 3.91. The highest BCUT2D eigenvalue weighted by atomic mass is 35.5. The molecule has 3 rings (SSSR count). The highest BCUT2D eigenvalue weighted by molar-refractivity contribution is 6.38. The molecule has 0 fully saturated rings. The zero-order chi connectivity index (χ0) is 18.1. The molecule has 130 valence electrons. The highest BCUT2D eigenvalue weighted by Crippen LogP contribution is 2.30. The van der Waals surface area contributed by atoms with E-state index in [1.54, 1.807) is 11.6 Å². The van der Waals surface area contributed by atoms with Crippen molar-refractivity contribution in [1.82, 2.24) is 14.8 Å². The Hall–Kier alpha value is -2.60. The first-order valence-corrected chi connectivity index (χ1v) is 8.30. The number of aromatic nitrogens is 3. The largest absolute Gasteiger partial charge is 0.462 e. The number of nitrogens with zero attached hydrogens (tertiary/aromatic N) is 4. The molecule has 0 N–H and O–H groups in total. The Morgan fingerprint density at radius 1 is 1.28 bits per heavy atom. The second-order valence-corrected chi connectivity index (χ2v) is 6.19. The second-order valence-electron chi connectivity index (χ2n) is 5.81. The van der Waals surface area contributed by atoms with E-state index in [-0.39, 0.29) is 12.2 Å². The maximum Gasteiger partial charge on any atom is 0.341 e. The minimum Gasteiger partial charge on any atom is -0.462 e. The average molecular weight is 359 g/mol. The molecular formula is C18H19ClN4O2. The van der Waals surface area contributed by atoms with E-state index >= 15 is 0 Å². The fraction of sp³-hybridized carbons (Fsp3) is 0.278. The van der Waals surface area contributed by atoms with Crippen molar-refractivity contribution in [1.29, 1.82) is 0 Å². The van der Waals surface area contributed by atoms with Crippen LogP contribution in [0.25, 0.3) is 16.7 Å². The van der Waals surface area contributed by atoms with Crippen LogP contribution in [0.15, 0.2) is 30.5 Å². The number of carbonyl (C=O) groups is 1. The predicted molar refractivity (Wildman–Crippen MR) is 98.9 cm³/mol. The van der Waals surface area contributed by atoms with Crippen LogP contribution in [0, 0.1) is 6.92 Å². The molecule has 0 atom stereocenters. The number of carbonyl (C=O) groups excluding carboxylic acids is 1. The lowest BCUT2D eigenvalue weighted by Crippen LogP contribution is -2.08. The Morgan fingerprint density at radius 3 is 2.56 bits per heavy atom. The summed E-state index contributed by atoms with van der Waals surface area (Å²) in [5, 5.41) is 5.52. The van der Waals surface area contributed by atoms with E-state index in [9.17, 15) is 4.79 Å². The zero-order valence-electron chi connectivity index (χ0n) is 14.6. The summed E-state index contributed by atoms with van der Waals surface area (Å²) in [4.78, 5) is 18.4. The molecular weight excluding hydrogens is 340 g/mol. The zero-order valence-corrected chi connectivity index (χ0v) is 15.3. The lowest BCUT2D eigenvalue weighted by Gasteiger charge is -2.12. The Labute approximate surface area is 151 Å². The molecule has 7 heteroatoms. The van der Waals surface area contributed by atoms with Gasteiger partial charge in [-0.2, -0.15) is 5.10 Å². The van der Waals surface area contributed by atoms with Crippen molar-refractivity contribution in [2.24, 2.45) is 0 Å². The molecule has 0 saturated carbocycles. The SMILES string of the molecule is CCOC(=O)c1cnc2c(c(C)nn2-c2ccc(N(C)C)cc2)c1Cl. The van der Waals surface area contributed by atoms with Gasteiger partial charge < -0.3 is 9.64 Å². The average Bonchev–Trinajstić information content (AvgIpc) is 2.93. The third kappa shape index (κ3) is 3.05. The number of esters is 1. The van der Waals surface area contributed by atoms with Gasteiger partial charge in [0.15, 0.2) is 5.65 Å². The molecule has 0 aliphatic heterocycles. The molecule has 25 heavy (non-hydrogen) atoms. The Kier molecular flexibility index (Phi) is 4.63. The molecule has 2 aromatic heterocycles. The topological polar surface area (TPSA) is 60.2 Å². The van der Waals surface area contributed by atoms with Crippen molar-refractivity contribution in [2.45, 2.75) is 13.8 Å². The van der Waals surface area contributed by atoms with Gasteiger partial charge in [0.05, 0.1) is 34.0 Å². The fourth-order valence-corrected chi connectivity index (χ4v) is 2.98. The molecule has 0 saturated heterocycles. The minimum atomic E-state index is -0.482. The molecule has 6 nitrogen and oxygen atoms in total. The number of anilines is 1. The second kappa shape index (κ2) is 6.72. The summed E-state index contributed by atoms with van der Waals surface area (Å²) >= 11 is 6.44. The van der Waals surface area contributed by atoms with Gasteiger partial charge in [0.25, 0.3) is 0 Å². The summed E-state index contributed by atoms with van der Waals surface area (Å²) in [5.41, 5.74) is 3.52. The number of halogens is 1. The van der Waals surface area contributed by atoms with E-state index in [0.29, 0.717) is 21.7 Å². The summed E-state index contributed by atoms with van der Waals surface area (Å²) in [6, 6.07) is 7.95. The maximum absolute atomic E-state index is 12.0. The quantitative estimate of drug-likeness (QED) is 0.666. The molecule has 0 amide bonds. The first-order valence-electron chi connectivity index (χ1n) is 7.92. The Balaban J connectivity index is 2.12. The van der Waals surface area contributed by atoms with Gasteiger partial charge >= 0.3 is 5.97 Å². The van der Waals surface area contributed by atoms with Gasteiger partial charge in [0.1, 0.15) is 0 Å². The van der Waals surface area contributed by atoms with Gasteiger partial charge in [-0.25, -0.2) is 14.5 Å². The summed E-state index contributed by atoms with van der Waals surface area (Å²) in [6.45, 7) is 3.87. The number of rotatable bonds is 4. The van der Waals surface area contributed by atoms with Crippen LogP contribution < -0.4 is 4.90 Å². The fourth-order valence-electron chi connectivity index (χ4n) is 2.63. The molecule has 0 radical (unpaired) electrons. The van der Waals surface area contributed by atoms with Crippen molar-refractivity contribution in [3.8, 4) is 5.69 Å². The van der Waals surface area contributed by atoms with E-state index in [0.717, 1.165) is 11.4 Å². The van der Waals surface area contributed by atoms with Crippen LogP contribution in [0.4, 0.5) is 5.69 Å². The number of benzene rings is 1. The van der Waals surface area contributed by atoms with Gasteiger partial charge in [0, 0.05) is 26.0 Å². The van der Waals surface area contributed by atoms with Gasteiger partial charge in [-0.3, -0.25) is 0 Å². The van der Waals surface area contributed by atoms with Crippen LogP contribution in [-0.2, 0) is 4.74 Å². The van der Waals surface area contributed by atoms with Crippen LogP contribution in [0.2, 0.25) is 5.02 Å². The van der Waals surface area contributed by atoms with Gasteiger partial charge in [0.2, 0.25) is 0 Å². The lowest BCUT2D eigenvalue weighted by atomic mass is 10.2. The van der Waals surface area contributed by atoms with Gasteiger partial charge in [-0.05, 0) is 38.1 Å². The van der Waals surface area contributed by atoms with Crippen LogP contribution in [0.1, 0.15) is 23.0 Å². The molecule has 0 aliphatic rings. The summed E-state index contributed by atoms with van der Waals surface area (Å²) < 4.78 is 6.76. The molecule has 0 aliphatic carbocycles. The van der Waals surface area contributed by atoms with E-state index in [1.165, 1.54) is 6.20 Å². The molecule has 0 spiro atoms. The number of aryl methyl sites for hydroxylation is 1. The predicted octanol–water partition coefficient (Wildman–Crippen LogP) is 3.63. The molecule has 1 aromatic carbocycles. The number of ether oxygens (including phenoxy) is 1. The van der Waals surface area contributed by atoms with Crippen molar-refractivity contribution in [3.05, 3.63) is 46.7 Å². The third-order valence-corrected chi connectivity index (χ3v) is 4.31. The van der Waals surface area contributed by atoms with Crippen molar-refractivity contribution >= 4 is 34.3 Å². The van der Waals surface area contributed by atoms with Gasteiger partial charge in [-0.15, -0.1) is 0 Å². The highest BCUT2D eigenvalue weighted by Gasteiger charge is 2.20. The number of hydrogen-bond acceptors (Lipinski definition) is 5. The molecule has 3 aromatic rings. The number of pyridine rings is 1. The monoisotopic (exact) mass is 358 g/mol. The maximum atomic E-state index is 12.0. The summed E-state index contributed by atoms with van der Waals surface area (Å²) in [7, 11) is 3.97. The van der Waals surface area contributed by atoms with E-state index < -0.39 is 5.97 Å². The first kappa shape index (κ1) is 17.2. The molecule has 0 unspecified atom stereocenters. The van der Waals surface area contributed by atoms with Crippen molar-refractivity contribution < 1.29 is 9.53 Å². The Bertz CT molecular complexity index is 932. The van der Waals surface area contributed by atoms with Crippen LogP contribution >= 0.6 is 11.6 Å². The Morgan fingerprint density at radius 2 is 1.96 bits per heavy atom. The van der Waals surface area contributed by atoms with Crippen LogP contribution in [-0.4, -0.2) is 41.4 Å². The smallest absolute Gasteiger partial charge is 0.341 e. The normalized spacial score (nSPS) is 10.9. The first-order chi connectivity index (χ1) is 11.9. The van der Waals surface area contributed by atoms with E-state index in [2.05, 4.69) is 10.1 Å². The van der Waals surface area contributed by atoms with Gasteiger partial charge in [-0.1, -0.05) is 11.6 Å². The molecule has 0 bridgehead atoms. The number of fused-ring (bicyclic) bond motifs is 1. The summed E-state index contributed by atoms with van der Waals surface area (Å²) in [5.74, 6) is -0.482. The van der Waals surface area contributed by atoms with Crippen molar-refractivity contribution in [3.63, 3.8) is 0 Å². The standard InChI is InChI=1S/C18H19ClN4O2/c1-5-25-18(24)14-10-20-17-15(16(14)19)11(2)21-23(17)13-8-6-12(7-9-13)22(3)4/h6-10H,5H2,1-4H3. The summed E-state index contributed by atoms with van der Waals surface area (Å²) in [6.07, 6.45) is 1.44. The van der Waals surface area contributed by atoms with Crippen LogP contribution in [0.3, 0.4) is 0 Å².